The number of anilines is 3. The highest BCUT2D eigenvalue weighted by molar-refractivity contribution is 5.95. The van der Waals surface area contributed by atoms with E-state index in [1.54, 1.807) is 11.8 Å². The molecule has 1 saturated heterocycles. The van der Waals surface area contributed by atoms with Crippen LogP contribution < -0.4 is 15.1 Å². The largest absolute Gasteiger partial charge is 0.372 e. The van der Waals surface area contributed by atoms with Crippen LogP contribution >= 0.6 is 0 Å². The van der Waals surface area contributed by atoms with Crippen molar-refractivity contribution in [2.24, 2.45) is 0 Å². The van der Waals surface area contributed by atoms with Gasteiger partial charge in [0, 0.05) is 50.0 Å². The minimum absolute atomic E-state index is 0.0607. The highest BCUT2D eigenvalue weighted by atomic mass is 16.2. The lowest BCUT2D eigenvalue weighted by Crippen LogP contribution is -2.32. The lowest BCUT2D eigenvalue weighted by atomic mass is 10.0. The zero-order valence-corrected chi connectivity index (χ0v) is 17.9. The molecule has 0 unspecified atom stereocenters. The Bertz CT molecular complexity index is 860. The first kappa shape index (κ1) is 20.9. The van der Waals surface area contributed by atoms with Gasteiger partial charge in [-0.1, -0.05) is 17.7 Å². The van der Waals surface area contributed by atoms with Crippen molar-refractivity contribution < 1.29 is 9.59 Å². The molecule has 1 fully saturated rings. The maximum absolute atomic E-state index is 12.5. The van der Waals surface area contributed by atoms with E-state index in [1.165, 1.54) is 24.1 Å². The minimum atomic E-state index is -0.0833. The van der Waals surface area contributed by atoms with E-state index in [2.05, 4.69) is 34.5 Å². The average molecular weight is 394 g/mol. The molecule has 0 aliphatic carbocycles. The molecule has 3 rings (SSSR count). The van der Waals surface area contributed by atoms with E-state index in [1.807, 2.05) is 32.9 Å². The quantitative estimate of drug-likeness (QED) is 0.781. The Morgan fingerprint density at radius 2 is 1.59 bits per heavy atom. The Kier molecular flexibility index (Phi) is 6.57. The molecule has 2 aromatic carbocycles. The van der Waals surface area contributed by atoms with Gasteiger partial charge < -0.3 is 15.1 Å². The van der Waals surface area contributed by atoms with Crippen molar-refractivity contribution in [1.29, 1.82) is 0 Å². The monoisotopic (exact) mass is 393 g/mol. The summed E-state index contributed by atoms with van der Waals surface area (Å²) in [6.07, 6.45) is 2.72. The van der Waals surface area contributed by atoms with Crippen LogP contribution in [0.2, 0.25) is 0 Å². The number of aryl methyl sites for hydroxylation is 3. The highest BCUT2D eigenvalue weighted by Gasteiger charge is 2.16. The molecule has 2 amide bonds. The molecule has 0 saturated carbocycles. The third-order valence-electron chi connectivity index (χ3n) is 5.52. The van der Waals surface area contributed by atoms with E-state index >= 15 is 0 Å². The van der Waals surface area contributed by atoms with Crippen molar-refractivity contribution in [2.75, 3.05) is 34.8 Å². The topological polar surface area (TPSA) is 52.7 Å². The van der Waals surface area contributed by atoms with Gasteiger partial charge in [0.1, 0.15) is 0 Å². The number of hydrogen-bond acceptors (Lipinski definition) is 3. The Balaban J connectivity index is 1.63. The minimum Gasteiger partial charge on any atom is -0.372 e. The molecule has 1 aliphatic heterocycles. The smallest absolute Gasteiger partial charge is 0.226 e. The van der Waals surface area contributed by atoms with Crippen molar-refractivity contribution >= 4 is 28.9 Å². The first-order chi connectivity index (χ1) is 13.8. The lowest BCUT2D eigenvalue weighted by Gasteiger charge is -2.23. The van der Waals surface area contributed by atoms with E-state index < -0.39 is 0 Å². The highest BCUT2D eigenvalue weighted by Crippen LogP contribution is 2.25. The predicted octanol–water partition coefficient (Wildman–Crippen LogP) is 4.59. The molecule has 29 heavy (non-hydrogen) atoms. The molecule has 1 N–H and O–H groups in total. The van der Waals surface area contributed by atoms with Crippen LogP contribution in [-0.4, -0.2) is 31.4 Å². The normalized spacial score (nSPS) is 13.4. The van der Waals surface area contributed by atoms with Crippen molar-refractivity contribution in [3.05, 3.63) is 53.1 Å². The van der Waals surface area contributed by atoms with Gasteiger partial charge in [-0.15, -0.1) is 0 Å². The molecule has 5 nitrogen and oxygen atoms in total. The van der Waals surface area contributed by atoms with Crippen molar-refractivity contribution in [1.82, 2.24) is 0 Å². The second-order valence-electron chi connectivity index (χ2n) is 7.95. The van der Waals surface area contributed by atoms with Gasteiger partial charge >= 0.3 is 0 Å². The van der Waals surface area contributed by atoms with Crippen LogP contribution in [0.1, 0.15) is 42.9 Å². The number of nitrogens with zero attached hydrogens (tertiary/aromatic N) is 2. The van der Waals surface area contributed by atoms with Crippen LogP contribution in [0.5, 0.6) is 0 Å². The third kappa shape index (κ3) is 5.17. The fourth-order valence-electron chi connectivity index (χ4n) is 4.08. The lowest BCUT2D eigenvalue weighted by molar-refractivity contribution is -0.117. The van der Waals surface area contributed by atoms with Gasteiger partial charge in [-0.2, -0.15) is 0 Å². The van der Waals surface area contributed by atoms with Crippen molar-refractivity contribution in [2.45, 2.75) is 47.0 Å². The van der Waals surface area contributed by atoms with Crippen molar-refractivity contribution in [3.8, 4) is 0 Å². The van der Waals surface area contributed by atoms with E-state index in [0.29, 0.717) is 6.54 Å². The van der Waals surface area contributed by atoms with Crippen molar-refractivity contribution in [3.63, 3.8) is 0 Å². The van der Waals surface area contributed by atoms with E-state index in [4.69, 9.17) is 0 Å². The predicted molar refractivity (Wildman–Crippen MR) is 120 cm³/mol. The summed E-state index contributed by atoms with van der Waals surface area (Å²) < 4.78 is 0. The van der Waals surface area contributed by atoms with Gasteiger partial charge in [0.15, 0.2) is 0 Å². The number of carbonyl (C=O) groups excluding carboxylic acids is 2. The zero-order chi connectivity index (χ0) is 21.0. The number of carbonyl (C=O) groups is 2. The molecule has 5 heteroatoms. The van der Waals surface area contributed by atoms with Gasteiger partial charge in [-0.25, -0.2) is 0 Å². The van der Waals surface area contributed by atoms with Crippen LogP contribution in [0.25, 0.3) is 0 Å². The molecule has 0 bridgehead atoms. The van der Waals surface area contributed by atoms with Gasteiger partial charge in [0.05, 0.1) is 0 Å². The number of benzene rings is 2. The zero-order valence-electron chi connectivity index (χ0n) is 17.9. The number of hydrogen-bond donors (Lipinski definition) is 1. The molecule has 0 radical (unpaired) electrons. The first-order valence-electron chi connectivity index (χ1n) is 10.4. The van der Waals surface area contributed by atoms with Crippen LogP contribution in [0.3, 0.4) is 0 Å². The second kappa shape index (κ2) is 9.12. The Morgan fingerprint density at radius 3 is 2.14 bits per heavy atom. The van der Waals surface area contributed by atoms with Crippen LogP contribution in [0.4, 0.5) is 17.1 Å². The summed E-state index contributed by atoms with van der Waals surface area (Å²) in [5.41, 5.74) is 6.17. The summed E-state index contributed by atoms with van der Waals surface area (Å²) in [5, 5.41) is 3.01. The Hall–Kier alpha value is -2.82. The van der Waals surface area contributed by atoms with Crippen LogP contribution in [-0.2, 0) is 9.59 Å². The molecule has 0 spiro atoms. The molecule has 0 atom stereocenters. The summed E-state index contributed by atoms with van der Waals surface area (Å²) >= 11 is 0. The van der Waals surface area contributed by atoms with Crippen LogP contribution in [0, 0.1) is 20.8 Å². The SMILES string of the molecule is CC(=O)N(CCC(=O)Nc1c(C)cc(C)cc1C)c1ccc(N2CCCC2)cc1. The Labute approximate surface area is 173 Å². The van der Waals surface area contributed by atoms with E-state index in [9.17, 15) is 9.59 Å². The molecule has 1 aliphatic rings. The molecule has 1 heterocycles. The van der Waals surface area contributed by atoms with Gasteiger partial charge in [0.25, 0.3) is 0 Å². The van der Waals surface area contributed by atoms with Gasteiger partial charge in [-0.05, 0) is 69.0 Å². The maximum atomic E-state index is 12.5. The molecule has 0 aromatic heterocycles. The van der Waals surface area contributed by atoms with Crippen LogP contribution in [0.15, 0.2) is 36.4 Å². The maximum Gasteiger partial charge on any atom is 0.226 e. The second-order valence-corrected chi connectivity index (χ2v) is 7.95. The number of amides is 2. The first-order valence-corrected chi connectivity index (χ1v) is 10.4. The summed E-state index contributed by atoms with van der Waals surface area (Å²) in [4.78, 5) is 28.7. The summed E-state index contributed by atoms with van der Waals surface area (Å²) in [5.74, 6) is -0.144. The molecule has 2 aromatic rings. The van der Waals surface area contributed by atoms with Gasteiger partial charge in [0.2, 0.25) is 11.8 Å². The third-order valence-corrected chi connectivity index (χ3v) is 5.52. The standard InChI is InChI=1S/C24H31N3O2/c1-17-15-18(2)24(19(3)16-17)25-23(29)11-14-27(20(4)28)22-9-7-21(8-10-22)26-12-5-6-13-26/h7-10,15-16H,5-6,11-14H2,1-4H3,(H,25,29). The van der Waals surface area contributed by atoms with E-state index in [-0.39, 0.29) is 18.2 Å². The van der Waals surface area contributed by atoms with E-state index in [0.717, 1.165) is 35.6 Å². The fourth-order valence-corrected chi connectivity index (χ4v) is 4.08. The molecular formula is C24H31N3O2. The average Bonchev–Trinajstić information content (AvgIpc) is 3.20. The summed E-state index contributed by atoms with van der Waals surface area (Å²) in [7, 11) is 0. The number of rotatable bonds is 6. The molecular weight excluding hydrogens is 362 g/mol. The summed E-state index contributed by atoms with van der Waals surface area (Å²) in [6, 6.07) is 12.2. The van der Waals surface area contributed by atoms with Gasteiger partial charge in [-0.3, -0.25) is 9.59 Å². The number of nitrogens with one attached hydrogen (secondary N) is 1. The summed E-state index contributed by atoms with van der Waals surface area (Å²) in [6.45, 7) is 10.1. The Morgan fingerprint density at radius 1 is 1.00 bits per heavy atom. The fraction of sp³-hybridized carbons (Fsp3) is 0.417. The molecule has 154 valence electrons.